The van der Waals surface area contributed by atoms with Crippen LogP contribution in [0.5, 0.6) is 0 Å². The highest BCUT2D eigenvalue weighted by molar-refractivity contribution is 5.95. The zero-order valence-corrected chi connectivity index (χ0v) is 18.0. The van der Waals surface area contributed by atoms with Gasteiger partial charge in [0, 0.05) is 50.8 Å². The maximum atomic E-state index is 12.2. The van der Waals surface area contributed by atoms with Crippen molar-refractivity contribution < 1.29 is 9.59 Å². The Labute approximate surface area is 182 Å². The number of amides is 2. The normalized spacial score (nSPS) is 17.5. The number of hydrogen-bond acceptors (Lipinski definition) is 5. The fraction of sp³-hybridized carbons (Fsp3) is 0.333. The molecule has 1 N–H and O–H groups in total. The Hall–Kier alpha value is -3.48. The summed E-state index contributed by atoms with van der Waals surface area (Å²) in [6, 6.07) is 7.78. The van der Waals surface area contributed by atoms with E-state index in [4.69, 9.17) is 0 Å². The van der Waals surface area contributed by atoms with Crippen LogP contribution < -0.4 is 5.32 Å². The van der Waals surface area contributed by atoms with E-state index in [1.54, 1.807) is 25.3 Å². The summed E-state index contributed by atoms with van der Waals surface area (Å²) in [5.41, 5.74) is 4.73. The third-order valence-electron chi connectivity index (χ3n) is 5.79. The van der Waals surface area contributed by atoms with Crippen molar-refractivity contribution in [2.24, 2.45) is 0 Å². The number of carbonyl (C=O) groups excluding carboxylic acids is 2. The molecule has 1 aromatic carbocycles. The minimum Gasteiger partial charge on any atom is -0.365 e. The Bertz CT molecular complexity index is 1040. The number of nitrogens with one attached hydrogen (secondary N) is 1. The van der Waals surface area contributed by atoms with E-state index in [1.165, 1.54) is 6.08 Å². The average Bonchev–Trinajstić information content (AvgIpc) is 3.23. The lowest BCUT2D eigenvalue weighted by molar-refractivity contribution is -0.127. The zero-order valence-electron chi connectivity index (χ0n) is 18.0. The molecule has 31 heavy (non-hydrogen) atoms. The molecule has 1 aliphatic carbocycles. The summed E-state index contributed by atoms with van der Waals surface area (Å²) in [4.78, 5) is 36.6. The van der Waals surface area contributed by atoms with E-state index in [2.05, 4.69) is 27.9 Å². The van der Waals surface area contributed by atoms with Crippen LogP contribution in [0.4, 0.5) is 5.82 Å². The lowest BCUT2D eigenvalue weighted by atomic mass is 9.99. The maximum Gasteiger partial charge on any atom is 0.253 e. The molecule has 1 aliphatic heterocycles. The highest BCUT2D eigenvalue weighted by atomic mass is 16.2. The monoisotopic (exact) mass is 417 g/mol. The molecule has 160 valence electrons. The predicted molar refractivity (Wildman–Crippen MR) is 121 cm³/mol. The highest BCUT2D eigenvalue weighted by Gasteiger charge is 2.26. The van der Waals surface area contributed by atoms with E-state index in [-0.39, 0.29) is 17.9 Å². The van der Waals surface area contributed by atoms with Gasteiger partial charge < -0.3 is 15.1 Å². The van der Waals surface area contributed by atoms with E-state index < -0.39 is 0 Å². The minimum atomic E-state index is -0.0348. The van der Waals surface area contributed by atoms with Crippen LogP contribution in [0.3, 0.4) is 0 Å². The Balaban J connectivity index is 1.57. The van der Waals surface area contributed by atoms with Crippen molar-refractivity contribution in [3.63, 3.8) is 0 Å². The van der Waals surface area contributed by atoms with Crippen molar-refractivity contribution in [3.8, 4) is 0 Å². The van der Waals surface area contributed by atoms with Crippen molar-refractivity contribution in [2.45, 2.75) is 25.3 Å². The molecule has 0 radical (unpaired) electrons. The molecule has 0 unspecified atom stereocenters. The molecular weight excluding hydrogens is 390 g/mol. The van der Waals surface area contributed by atoms with E-state index in [1.807, 2.05) is 29.2 Å². The number of allylic oxidation sites excluding steroid dienone is 1. The molecule has 1 fully saturated rings. The molecule has 1 saturated heterocycles. The second-order valence-corrected chi connectivity index (χ2v) is 8.11. The molecule has 7 heteroatoms. The van der Waals surface area contributed by atoms with Crippen molar-refractivity contribution in [1.82, 2.24) is 19.8 Å². The Morgan fingerprint density at radius 3 is 2.71 bits per heavy atom. The Morgan fingerprint density at radius 2 is 2.00 bits per heavy atom. The van der Waals surface area contributed by atoms with Crippen LogP contribution in [0.2, 0.25) is 0 Å². The van der Waals surface area contributed by atoms with Crippen molar-refractivity contribution >= 4 is 23.2 Å². The van der Waals surface area contributed by atoms with Gasteiger partial charge in [-0.3, -0.25) is 9.59 Å². The molecule has 0 saturated carbocycles. The lowest BCUT2D eigenvalue weighted by Gasteiger charge is -2.33. The van der Waals surface area contributed by atoms with Gasteiger partial charge in [0.05, 0.1) is 5.69 Å². The third kappa shape index (κ3) is 4.21. The fourth-order valence-corrected chi connectivity index (χ4v) is 4.20. The molecule has 4 rings (SSSR count). The van der Waals surface area contributed by atoms with Gasteiger partial charge >= 0.3 is 0 Å². The summed E-state index contributed by atoms with van der Waals surface area (Å²) in [6.45, 7) is 4.99. The molecule has 7 nitrogen and oxygen atoms in total. The first-order valence-electron chi connectivity index (χ1n) is 10.5. The summed E-state index contributed by atoms with van der Waals surface area (Å²) in [5.74, 6) is 0.737. The van der Waals surface area contributed by atoms with Crippen LogP contribution in [-0.4, -0.2) is 64.8 Å². The number of carbonyl (C=O) groups is 2. The maximum absolute atomic E-state index is 12.2. The predicted octanol–water partition coefficient (Wildman–Crippen LogP) is 2.76. The van der Waals surface area contributed by atoms with E-state index in [9.17, 15) is 9.59 Å². The standard InChI is InChI=1S/C24H27N5O2/c1-4-21(30)29-13-5-6-18(14-29)27-23-22-19(11-12-20(22)25-15-26-23)16-7-9-17(10-8-16)24(31)28(2)3/h4,7-11,15,18H,1,5-6,12-14H2,2-3H3,(H,25,26,27)/t18-/m1/s1. The lowest BCUT2D eigenvalue weighted by Crippen LogP contribution is -2.44. The number of fused-ring (bicyclic) bond motifs is 1. The van der Waals surface area contributed by atoms with Crippen molar-refractivity contribution in [1.29, 1.82) is 0 Å². The quantitative estimate of drug-likeness (QED) is 0.757. The molecule has 2 aromatic rings. The van der Waals surface area contributed by atoms with Crippen LogP contribution in [-0.2, 0) is 11.2 Å². The van der Waals surface area contributed by atoms with Crippen molar-refractivity contribution in [2.75, 3.05) is 32.5 Å². The number of likely N-dealkylation sites (tertiary alicyclic amines) is 1. The SMILES string of the molecule is C=CC(=O)N1CCC[C@@H](Nc2ncnc3c2C(c2ccc(C(=O)N(C)C)cc2)=CC3)C1. The minimum absolute atomic E-state index is 0.0195. The highest BCUT2D eigenvalue weighted by Crippen LogP contribution is 2.36. The van der Waals surface area contributed by atoms with Gasteiger partial charge in [-0.05, 0) is 42.2 Å². The first-order chi connectivity index (χ1) is 15.0. The third-order valence-corrected chi connectivity index (χ3v) is 5.79. The van der Waals surface area contributed by atoms with Gasteiger partial charge in [-0.25, -0.2) is 9.97 Å². The van der Waals surface area contributed by atoms with Gasteiger partial charge in [0.2, 0.25) is 5.91 Å². The van der Waals surface area contributed by atoms with Crippen LogP contribution in [0.15, 0.2) is 49.3 Å². The first kappa shape index (κ1) is 20.8. The number of benzene rings is 1. The van der Waals surface area contributed by atoms with Crippen molar-refractivity contribution in [3.05, 3.63) is 71.7 Å². The van der Waals surface area contributed by atoms with Gasteiger partial charge in [0.15, 0.2) is 0 Å². The number of aromatic nitrogens is 2. The van der Waals surface area contributed by atoms with Gasteiger partial charge in [-0.2, -0.15) is 0 Å². The van der Waals surface area contributed by atoms with Gasteiger partial charge in [0.25, 0.3) is 5.91 Å². The Morgan fingerprint density at radius 1 is 1.23 bits per heavy atom. The van der Waals surface area contributed by atoms with Crippen LogP contribution in [0.1, 0.15) is 40.0 Å². The number of piperidine rings is 1. The molecule has 2 heterocycles. The van der Waals surface area contributed by atoms with Crippen LogP contribution in [0.25, 0.3) is 5.57 Å². The second-order valence-electron chi connectivity index (χ2n) is 8.11. The molecule has 2 aliphatic rings. The largest absolute Gasteiger partial charge is 0.365 e. The van der Waals surface area contributed by atoms with E-state index in [0.717, 1.165) is 54.0 Å². The molecular formula is C24H27N5O2. The average molecular weight is 418 g/mol. The number of hydrogen-bond donors (Lipinski definition) is 1. The molecule has 0 bridgehead atoms. The van der Waals surface area contributed by atoms with Gasteiger partial charge in [-0.1, -0.05) is 24.8 Å². The van der Waals surface area contributed by atoms with Gasteiger partial charge in [-0.15, -0.1) is 0 Å². The smallest absolute Gasteiger partial charge is 0.253 e. The number of nitrogens with zero attached hydrogens (tertiary/aromatic N) is 4. The van der Waals surface area contributed by atoms with E-state index in [0.29, 0.717) is 12.1 Å². The number of rotatable bonds is 5. The Kier molecular flexibility index (Phi) is 5.84. The second kappa shape index (κ2) is 8.71. The molecule has 1 aromatic heterocycles. The molecule has 2 amide bonds. The van der Waals surface area contributed by atoms with Crippen LogP contribution >= 0.6 is 0 Å². The topological polar surface area (TPSA) is 78.4 Å². The molecule has 0 spiro atoms. The molecule has 1 atom stereocenters. The van der Waals surface area contributed by atoms with E-state index >= 15 is 0 Å². The summed E-state index contributed by atoms with van der Waals surface area (Å²) in [5, 5.41) is 3.55. The summed E-state index contributed by atoms with van der Waals surface area (Å²) in [7, 11) is 3.49. The summed E-state index contributed by atoms with van der Waals surface area (Å²) >= 11 is 0. The zero-order chi connectivity index (χ0) is 22.0. The summed E-state index contributed by atoms with van der Waals surface area (Å²) < 4.78 is 0. The summed E-state index contributed by atoms with van der Waals surface area (Å²) in [6.07, 6.45) is 7.77. The van der Waals surface area contributed by atoms with Crippen LogP contribution in [0, 0.1) is 0 Å². The number of anilines is 1. The van der Waals surface area contributed by atoms with Gasteiger partial charge in [0.1, 0.15) is 12.1 Å². The fourth-order valence-electron chi connectivity index (χ4n) is 4.20. The first-order valence-corrected chi connectivity index (χ1v) is 10.5.